The smallest absolute Gasteiger partial charge is 0.326 e. The van der Waals surface area contributed by atoms with Crippen molar-refractivity contribution < 1.29 is 27.9 Å². The van der Waals surface area contributed by atoms with Crippen molar-refractivity contribution in [3.63, 3.8) is 0 Å². The number of rotatable bonds is 4. The van der Waals surface area contributed by atoms with Gasteiger partial charge < -0.3 is 14.7 Å². The van der Waals surface area contributed by atoms with Crippen molar-refractivity contribution in [2.24, 2.45) is 0 Å². The van der Waals surface area contributed by atoms with Crippen LogP contribution in [0.2, 0.25) is 5.02 Å². The van der Waals surface area contributed by atoms with Gasteiger partial charge in [0.1, 0.15) is 16.7 Å². The van der Waals surface area contributed by atoms with Gasteiger partial charge in [0.15, 0.2) is 0 Å². The maximum Gasteiger partial charge on any atom is 0.326 e. The number of halogens is 1. The van der Waals surface area contributed by atoms with Crippen molar-refractivity contribution in [2.75, 3.05) is 18.6 Å². The summed E-state index contributed by atoms with van der Waals surface area (Å²) in [7, 11) is -3.04. The lowest BCUT2D eigenvalue weighted by Gasteiger charge is -2.29. The Kier molecular flexibility index (Phi) is 6.44. The predicted octanol–water partition coefficient (Wildman–Crippen LogP) is 3.50. The number of phenols is 1. The van der Waals surface area contributed by atoms with E-state index in [1.807, 2.05) is 0 Å². The number of amides is 1. The Morgan fingerprint density at radius 2 is 1.82 bits per heavy atom. The summed E-state index contributed by atoms with van der Waals surface area (Å²) in [5.74, 6) is -1.34. The van der Waals surface area contributed by atoms with Gasteiger partial charge in [-0.15, -0.1) is 11.3 Å². The minimum atomic E-state index is -4.20. The molecular weight excluding hydrogens is 488 g/mol. The third-order valence-corrected chi connectivity index (χ3v) is 8.48. The highest BCUT2D eigenvalue weighted by atomic mass is 35.5. The summed E-state index contributed by atoms with van der Waals surface area (Å²) >= 11 is 7.34. The minimum absolute atomic E-state index is 0.0933. The number of para-hydroxylation sites is 1. The van der Waals surface area contributed by atoms with Crippen LogP contribution in [0, 0.1) is 0 Å². The van der Waals surface area contributed by atoms with Gasteiger partial charge in [-0.2, -0.15) is 4.31 Å². The number of esters is 1. The van der Waals surface area contributed by atoms with Crippen molar-refractivity contribution in [1.82, 2.24) is 4.31 Å². The number of thiophene rings is 1. The second kappa shape index (κ2) is 9.14. The molecule has 0 saturated heterocycles. The number of carbonyl (C=O) groups is 2. The number of sulfonamides is 1. The van der Waals surface area contributed by atoms with E-state index in [1.54, 1.807) is 35.7 Å². The third kappa shape index (κ3) is 4.34. The van der Waals surface area contributed by atoms with Crippen LogP contribution in [0.1, 0.15) is 15.2 Å². The lowest BCUT2D eigenvalue weighted by Crippen LogP contribution is -2.50. The molecule has 3 aromatic rings. The average molecular weight is 507 g/mol. The minimum Gasteiger partial charge on any atom is -0.508 e. The molecule has 1 amide bonds. The highest BCUT2D eigenvalue weighted by molar-refractivity contribution is 7.89. The van der Waals surface area contributed by atoms with Crippen molar-refractivity contribution in [2.45, 2.75) is 17.5 Å². The number of anilines is 1. The number of carbonyl (C=O) groups excluding carboxylic acids is 2. The van der Waals surface area contributed by atoms with E-state index in [1.165, 1.54) is 29.2 Å². The van der Waals surface area contributed by atoms with E-state index in [0.717, 1.165) is 22.8 Å². The summed E-state index contributed by atoms with van der Waals surface area (Å²) in [6, 6.07) is 12.1. The van der Waals surface area contributed by atoms with E-state index in [-0.39, 0.29) is 33.6 Å². The maximum atomic E-state index is 13.6. The van der Waals surface area contributed by atoms with E-state index in [9.17, 15) is 23.1 Å². The Bertz CT molecular complexity index is 1310. The normalized spacial score (nSPS) is 16.7. The van der Waals surface area contributed by atoms with Crippen LogP contribution in [0.25, 0.3) is 0 Å². The summed E-state index contributed by atoms with van der Waals surface area (Å²) in [5, 5.41) is 11.5. The molecular formula is C22H19ClN2O6S2. The molecule has 0 spiro atoms. The fourth-order valence-corrected chi connectivity index (χ4v) is 6.28. The SMILES string of the molecule is COC(=O)C1CN(C(=O)c2sccc2Cl)c2ccccc2CN1S(=O)(=O)c1ccc(O)cc1. The molecule has 1 aliphatic rings. The van der Waals surface area contributed by atoms with Crippen molar-refractivity contribution in [1.29, 1.82) is 0 Å². The van der Waals surface area contributed by atoms with E-state index in [0.29, 0.717) is 11.3 Å². The molecule has 2 heterocycles. The number of nitrogens with zero attached hydrogens (tertiary/aromatic N) is 2. The Balaban J connectivity index is 1.85. The number of aromatic hydroxyl groups is 1. The molecule has 2 aromatic carbocycles. The molecule has 1 N–H and O–H groups in total. The van der Waals surface area contributed by atoms with Crippen molar-refractivity contribution >= 4 is 50.5 Å². The van der Waals surface area contributed by atoms with Gasteiger partial charge in [0.25, 0.3) is 5.91 Å². The number of hydrogen-bond donors (Lipinski definition) is 1. The number of benzene rings is 2. The largest absolute Gasteiger partial charge is 0.508 e. The molecule has 0 radical (unpaired) electrons. The van der Waals surface area contributed by atoms with Crippen LogP contribution >= 0.6 is 22.9 Å². The van der Waals surface area contributed by atoms with Crippen LogP contribution in [-0.2, 0) is 26.1 Å². The molecule has 172 valence electrons. The number of fused-ring (bicyclic) bond motifs is 1. The van der Waals surface area contributed by atoms with Crippen LogP contribution in [0.5, 0.6) is 5.75 Å². The van der Waals surface area contributed by atoms with Gasteiger partial charge in [0.2, 0.25) is 10.0 Å². The van der Waals surface area contributed by atoms with Gasteiger partial charge in [-0.1, -0.05) is 29.8 Å². The Labute approximate surface area is 199 Å². The predicted molar refractivity (Wildman–Crippen MR) is 124 cm³/mol. The molecule has 11 heteroatoms. The molecule has 0 aliphatic carbocycles. The first-order chi connectivity index (χ1) is 15.7. The summed E-state index contributed by atoms with van der Waals surface area (Å²) < 4.78 is 33.1. The van der Waals surface area contributed by atoms with Crippen molar-refractivity contribution in [3.8, 4) is 5.75 Å². The Hall–Kier alpha value is -2.92. The summed E-state index contributed by atoms with van der Waals surface area (Å²) in [4.78, 5) is 27.8. The summed E-state index contributed by atoms with van der Waals surface area (Å²) in [6.45, 7) is -0.435. The quantitative estimate of drug-likeness (QED) is 0.543. The lowest BCUT2D eigenvalue weighted by atomic mass is 10.1. The van der Waals surface area contributed by atoms with E-state index < -0.39 is 27.9 Å². The molecule has 0 fully saturated rings. The fourth-order valence-electron chi connectivity index (χ4n) is 3.64. The molecule has 0 saturated carbocycles. The number of ether oxygens (including phenoxy) is 1. The van der Waals surface area contributed by atoms with Crippen LogP contribution in [0.3, 0.4) is 0 Å². The van der Waals surface area contributed by atoms with Crippen LogP contribution in [-0.4, -0.2) is 49.4 Å². The van der Waals surface area contributed by atoms with Crippen LogP contribution in [0.4, 0.5) is 5.69 Å². The van der Waals surface area contributed by atoms with E-state index >= 15 is 0 Å². The second-order valence-electron chi connectivity index (χ2n) is 7.23. The fraction of sp³-hybridized carbons (Fsp3) is 0.182. The monoisotopic (exact) mass is 506 g/mol. The first kappa shape index (κ1) is 23.2. The molecule has 1 unspecified atom stereocenters. The number of phenolic OH excluding ortho intramolecular Hbond substituents is 1. The van der Waals surface area contributed by atoms with Gasteiger partial charge in [0.05, 0.1) is 23.6 Å². The zero-order valence-electron chi connectivity index (χ0n) is 17.3. The lowest BCUT2D eigenvalue weighted by molar-refractivity contribution is -0.144. The molecule has 1 aromatic heterocycles. The number of hydrogen-bond acceptors (Lipinski definition) is 7. The Morgan fingerprint density at radius 3 is 2.45 bits per heavy atom. The first-order valence-corrected chi connectivity index (χ1v) is 12.4. The standard InChI is InChI=1S/C22H19ClN2O6S2/c1-31-22(28)19-13-24(21(27)20-17(23)10-11-32-20)18-5-3-2-4-14(18)12-25(19)33(29,30)16-8-6-15(26)7-9-16/h2-11,19,26H,12-13H2,1H3. The maximum absolute atomic E-state index is 13.6. The molecule has 33 heavy (non-hydrogen) atoms. The van der Waals surface area contributed by atoms with Gasteiger partial charge >= 0.3 is 5.97 Å². The van der Waals surface area contributed by atoms with Crippen molar-refractivity contribution in [3.05, 3.63) is 75.4 Å². The molecule has 4 rings (SSSR count). The topological polar surface area (TPSA) is 104 Å². The summed E-state index contributed by atoms with van der Waals surface area (Å²) in [6.07, 6.45) is 0. The molecule has 8 nitrogen and oxygen atoms in total. The van der Waals surface area contributed by atoms with E-state index in [2.05, 4.69) is 0 Å². The second-order valence-corrected chi connectivity index (χ2v) is 10.4. The molecule has 0 bridgehead atoms. The van der Waals surface area contributed by atoms with Gasteiger partial charge in [0, 0.05) is 12.2 Å². The van der Waals surface area contributed by atoms with Gasteiger partial charge in [-0.25, -0.2) is 8.42 Å². The highest BCUT2D eigenvalue weighted by Gasteiger charge is 2.42. The summed E-state index contributed by atoms with van der Waals surface area (Å²) in [5.41, 5.74) is 1.01. The van der Waals surface area contributed by atoms with Gasteiger partial charge in [-0.3, -0.25) is 9.59 Å². The van der Waals surface area contributed by atoms with E-state index in [4.69, 9.17) is 16.3 Å². The third-order valence-electron chi connectivity index (χ3n) is 5.28. The zero-order valence-corrected chi connectivity index (χ0v) is 19.7. The number of methoxy groups -OCH3 is 1. The highest BCUT2D eigenvalue weighted by Crippen LogP contribution is 2.34. The average Bonchev–Trinajstić information content (AvgIpc) is 3.15. The van der Waals surface area contributed by atoms with Gasteiger partial charge in [-0.05, 0) is 47.3 Å². The molecule has 1 atom stereocenters. The Morgan fingerprint density at radius 1 is 1.12 bits per heavy atom. The van der Waals surface area contributed by atoms with Crippen LogP contribution < -0.4 is 4.90 Å². The zero-order chi connectivity index (χ0) is 23.8. The molecule has 1 aliphatic heterocycles. The van der Waals surface area contributed by atoms with Crippen LogP contribution in [0.15, 0.2) is 64.9 Å². The first-order valence-electron chi connectivity index (χ1n) is 9.75.